The fraction of sp³-hybridized carbons (Fsp3) is 0.125. The molecule has 1 aliphatic rings. The number of hydrogen-bond acceptors (Lipinski definition) is 7. The molecule has 0 saturated heterocycles. The molecule has 1 aromatic heterocycles. The molecule has 132 valence electrons. The highest BCUT2D eigenvalue weighted by Crippen LogP contribution is 2.34. The van der Waals surface area contributed by atoms with E-state index in [9.17, 15) is 13.2 Å². The van der Waals surface area contributed by atoms with E-state index in [1.807, 2.05) is 0 Å². The summed E-state index contributed by atoms with van der Waals surface area (Å²) < 4.78 is 34.9. The summed E-state index contributed by atoms with van der Waals surface area (Å²) in [5.41, 5.74) is 1.10. The zero-order valence-corrected chi connectivity index (χ0v) is 14.2. The maximum absolute atomic E-state index is 12.8. The Morgan fingerprint density at radius 3 is 2.81 bits per heavy atom. The second kappa shape index (κ2) is 6.23. The predicted molar refractivity (Wildman–Crippen MR) is 90.8 cm³/mol. The van der Waals surface area contributed by atoms with E-state index in [0.29, 0.717) is 11.3 Å². The average Bonchev–Trinajstić information content (AvgIpc) is 3.17. The Balaban J connectivity index is 1.70. The highest BCUT2D eigenvalue weighted by molar-refractivity contribution is 7.92. The molecule has 10 heteroatoms. The highest BCUT2D eigenvalue weighted by atomic mass is 32.2. The molecule has 0 saturated carbocycles. The molecule has 0 aliphatic carbocycles. The molecule has 2 aromatic carbocycles. The number of fused-ring (bicyclic) bond motifs is 1. The van der Waals surface area contributed by atoms with Crippen LogP contribution in [-0.2, 0) is 10.0 Å². The van der Waals surface area contributed by atoms with Crippen LogP contribution in [0.5, 0.6) is 5.75 Å². The van der Waals surface area contributed by atoms with Gasteiger partial charge in [-0.1, -0.05) is 12.1 Å². The summed E-state index contributed by atoms with van der Waals surface area (Å²) in [7, 11) is -3.90. The molecule has 9 nitrogen and oxygen atoms in total. The molecule has 3 aromatic rings. The van der Waals surface area contributed by atoms with Crippen LogP contribution in [0.2, 0.25) is 0 Å². The highest BCUT2D eigenvalue weighted by Gasteiger charge is 2.24. The molecule has 0 atom stereocenters. The molecule has 0 radical (unpaired) electrons. The topological polar surface area (TPSA) is 116 Å². The zero-order valence-electron chi connectivity index (χ0n) is 13.4. The van der Waals surface area contributed by atoms with Gasteiger partial charge in [-0.2, -0.15) is 0 Å². The third-order valence-electron chi connectivity index (χ3n) is 3.88. The van der Waals surface area contributed by atoms with Crippen LogP contribution < -0.4 is 9.46 Å². The summed E-state index contributed by atoms with van der Waals surface area (Å²) in [5.74, 6) is 0.178. The van der Waals surface area contributed by atoms with E-state index in [0.717, 1.165) is 0 Å². The van der Waals surface area contributed by atoms with E-state index < -0.39 is 10.0 Å². The fourth-order valence-electron chi connectivity index (χ4n) is 2.65. The second-order valence-corrected chi connectivity index (χ2v) is 7.24. The maximum Gasteiger partial charge on any atom is 0.262 e. The summed E-state index contributed by atoms with van der Waals surface area (Å²) in [6, 6.07) is 11.0. The number of Topliss-reactive ketones (excluding diaryl/α,β-unsaturated/α-hetero) is 1. The van der Waals surface area contributed by atoms with Crippen molar-refractivity contribution in [2.75, 3.05) is 11.3 Å². The largest absolute Gasteiger partial charge is 0.490 e. The van der Waals surface area contributed by atoms with Crippen molar-refractivity contribution in [2.24, 2.45) is 0 Å². The Hall–Kier alpha value is -3.27. The lowest BCUT2D eigenvalue weighted by Gasteiger charge is -2.20. The normalized spacial score (nSPS) is 13.8. The van der Waals surface area contributed by atoms with E-state index in [1.165, 1.54) is 23.1 Å². The number of para-hydroxylation sites is 1. The number of tetrazole rings is 1. The Morgan fingerprint density at radius 2 is 2.00 bits per heavy atom. The van der Waals surface area contributed by atoms with Crippen molar-refractivity contribution in [1.82, 2.24) is 20.2 Å². The molecular weight excluding hydrogens is 358 g/mol. The maximum atomic E-state index is 12.8. The quantitative estimate of drug-likeness (QED) is 0.737. The summed E-state index contributed by atoms with van der Waals surface area (Å²) in [4.78, 5) is 12.0. The van der Waals surface area contributed by atoms with Crippen molar-refractivity contribution in [2.45, 2.75) is 11.3 Å². The minimum Gasteiger partial charge on any atom is -0.490 e. The third kappa shape index (κ3) is 2.90. The van der Waals surface area contributed by atoms with E-state index in [-0.39, 0.29) is 35.1 Å². The van der Waals surface area contributed by atoms with E-state index in [1.54, 1.807) is 30.3 Å². The fourth-order valence-corrected chi connectivity index (χ4v) is 3.75. The van der Waals surface area contributed by atoms with Crippen molar-refractivity contribution < 1.29 is 17.9 Å². The smallest absolute Gasteiger partial charge is 0.262 e. The molecule has 0 spiro atoms. The van der Waals surface area contributed by atoms with Crippen molar-refractivity contribution in [3.63, 3.8) is 0 Å². The first-order valence-corrected chi connectivity index (χ1v) is 9.18. The molecule has 0 unspecified atom stereocenters. The van der Waals surface area contributed by atoms with Gasteiger partial charge in [-0.3, -0.25) is 9.52 Å². The minimum absolute atomic E-state index is 0.0326. The molecule has 0 amide bonds. The molecule has 0 bridgehead atoms. The number of nitrogens with one attached hydrogen (secondary N) is 1. The zero-order chi connectivity index (χ0) is 18.1. The van der Waals surface area contributed by atoms with Gasteiger partial charge in [0.25, 0.3) is 10.0 Å². The lowest BCUT2D eigenvalue weighted by molar-refractivity contribution is 0.0934. The van der Waals surface area contributed by atoms with Crippen LogP contribution in [0.15, 0.2) is 53.7 Å². The van der Waals surface area contributed by atoms with Gasteiger partial charge < -0.3 is 4.74 Å². The van der Waals surface area contributed by atoms with Gasteiger partial charge in [0.1, 0.15) is 6.33 Å². The number of carbonyl (C=O) groups excluding carboxylic acids is 1. The number of ketones is 1. The van der Waals surface area contributed by atoms with Gasteiger partial charge in [0.05, 0.1) is 28.4 Å². The summed E-state index contributed by atoms with van der Waals surface area (Å²) in [5, 5.41) is 10.8. The lowest BCUT2D eigenvalue weighted by atomic mass is 10.0. The van der Waals surface area contributed by atoms with Gasteiger partial charge in [0, 0.05) is 6.42 Å². The Bertz CT molecular complexity index is 1080. The van der Waals surface area contributed by atoms with Crippen molar-refractivity contribution in [3.05, 3.63) is 54.4 Å². The van der Waals surface area contributed by atoms with Crippen molar-refractivity contribution in [3.8, 4) is 11.4 Å². The standard InChI is InChI=1S/C16H13N5O4S/c22-15-7-8-25-16-13(15)5-2-6-14(16)18-26(23,24)12-4-1-3-11(9-12)21-10-17-19-20-21/h1-6,9-10,18H,7-8H2. The van der Waals surface area contributed by atoms with E-state index in [4.69, 9.17) is 4.74 Å². The van der Waals surface area contributed by atoms with Crippen LogP contribution in [0.3, 0.4) is 0 Å². The van der Waals surface area contributed by atoms with Crippen LogP contribution in [0, 0.1) is 0 Å². The first-order chi connectivity index (χ1) is 12.5. The first kappa shape index (κ1) is 16.2. The number of benzene rings is 2. The number of nitrogens with zero attached hydrogens (tertiary/aromatic N) is 4. The second-order valence-electron chi connectivity index (χ2n) is 5.56. The number of hydrogen-bond donors (Lipinski definition) is 1. The monoisotopic (exact) mass is 371 g/mol. The number of ether oxygens (including phenoxy) is 1. The third-order valence-corrected chi connectivity index (χ3v) is 5.24. The number of carbonyl (C=O) groups is 1. The molecule has 1 aliphatic heterocycles. The van der Waals surface area contributed by atoms with Gasteiger partial charge in [0.2, 0.25) is 0 Å². The van der Waals surface area contributed by atoms with Crippen LogP contribution in [0.4, 0.5) is 5.69 Å². The Morgan fingerprint density at radius 1 is 1.15 bits per heavy atom. The molecule has 0 fully saturated rings. The SMILES string of the molecule is O=C1CCOc2c(NS(=O)(=O)c3cccc(-n4cnnn4)c3)cccc21. The minimum atomic E-state index is -3.90. The predicted octanol–water partition coefficient (Wildman–Crippen LogP) is 1.43. The van der Waals surface area contributed by atoms with Crippen LogP contribution in [0.25, 0.3) is 5.69 Å². The number of aromatic nitrogens is 4. The van der Waals surface area contributed by atoms with Gasteiger partial charge in [-0.05, 0) is 40.8 Å². The number of rotatable bonds is 4. The van der Waals surface area contributed by atoms with Crippen LogP contribution >= 0.6 is 0 Å². The Labute approximate surface area is 148 Å². The number of anilines is 1. The molecular formula is C16H13N5O4S. The van der Waals surface area contributed by atoms with Crippen molar-refractivity contribution >= 4 is 21.5 Å². The summed E-state index contributed by atoms with van der Waals surface area (Å²) >= 11 is 0. The summed E-state index contributed by atoms with van der Waals surface area (Å²) in [6.45, 7) is 0.222. The van der Waals surface area contributed by atoms with Crippen LogP contribution in [-0.4, -0.2) is 41.0 Å². The number of sulfonamides is 1. The first-order valence-electron chi connectivity index (χ1n) is 7.70. The molecule has 26 heavy (non-hydrogen) atoms. The molecule has 1 N–H and O–H groups in total. The van der Waals surface area contributed by atoms with Crippen LogP contribution in [0.1, 0.15) is 16.8 Å². The summed E-state index contributed by atoms with van der Waals surface area (Å²) in [6.07, 6.45) is 1.64. The lowest BCUT2D eigenvalue weighted by Crippen LogP contribution is -2.19. The Kier molecular flexibility index (Phi) is 3.88. The van der Waals surface area contributed by atoms with Gasteiger partial charge in [-0.15, -0.1) is 5.10 Å². The molecule has 4 rings (SSSR count). The van der Waals surface area contributed by atoms with E-state index >= 15 is 0 Å². The average molecular weight is 371 g/mol. The van der Waals surface area contributed by atoms with Gasteiger partial charge >= 0.3 is 0 Å². The molecule has 2 heterocycles. The van der Waals surface area contributed by atoms with Gasteiger partial charge in [-0.25, -0.2) is 13.1 Å². The van der Waals surface area contributed by atoms with Crippen molar-refractivity contribution in [1.29, 1.82) is 0 Å². The van der Waals surface area contributed by atoms with Gasteiger partial charge in [0.15, 0.2) is 11.5 Å². The van der Waals surface area contributed by atoms with E-state index in [2.05, 4.69) is 20.2 Å².